The summed E-state index contributed by atoms with van der Waals surface area (Å²) in [6.07, 6.45) is 5.45. The van der Waals surface area contributed by atoms with Crippen molar-refractivity contribution in [1.82, 2.24) is 0 Å². The van der Waals surface area contributed by atoms with E-state index in [1.165, 1.54) is 5.56 Å². The summed E-state index contributed by atoms with van der Waals surface area (Å²) < 4.78 is 0. The van der Waals surface area contributed by atoms with Crippen molar-refractivity contribution in [3.8, 4) is 0 Å². The monoisotopic (exact) mass is 390 g/mol. The maximum absolute atomic E-state index is 4.17. The number of allylic oxidation sites excluding steroid dienone is 1. The molecule has 2 aromatic carbocycles. The zero-order valence-corrected chi connectivity index (χ0v) is 19.3. The second-order valence-electron chi connectivity index (χ2n) is 10.1. The maximum atomic E-state index is 4.17. The van der Waals surface area contributed by atoms with Gasteiger partial charge in [-0.2, -0.15) is 0 Å². The van der Waals surface area contributed by atoms with E-state index in [0.29, 0.717) is 0 Å². The van der Waals surface area contributed by atoms with E-state index in [4.69, 9.17) is 0 Å². The topological polar surface area (TPSA) is 24.1 Å². The minimum atomic E-state index is 0.168. The third-order valence-corrected chi connectivity index (χ3v) is 4.83. The second-order valence-corrected chi connectivity index (χ2v) is 10.1. The minimum absolute atomic E-state index is 0.168. The van der Waals surface area contributed by atoms with Gasteiger partial charge < -0.3 is 10.6 Å². The van der Waals surface area contributed by atoms with Crippen LogP contribution in [0.4, 0.5) is 17.1 Å². The van der Waals surface area contributed by atoms with Crippen LogP contribution < -0.4 is 10.6 Å². The zero-order chi connectivity index (χ0) is 21.7. The van der Waals surface area contributed by atoms with Gasteiger partial charge in [-0.1, -0.05) is 84.0 Å². The fourth-order valence-corrected chi connectivity index (χ4v) is 3.05. The Kier molecular flexibility index (Phi) is 7.35. The van der Waals surface area contributed by atoms with E-state index in [0.717, 1.165) is 29.1 Å². The molecule has 2 nitrogen and oxygen atoms in total. The van der Waals surface area contributed by atoms with Crippen LogP contribution in [0.15, 0.2) is 72.8 Å². The Bertz CT molecular complexity index is 830. The van der Waals surface area contributed by atoms with Crippen molar-refractivity contribution in [2.75, 3.05) is 10.6 Å². The van der Waals surface area contributed by atoms with Crippen molar-refractivity contribution in [3.05, 3.63) is 78.4 Å². The normalized spacial score (nSPS) is 13.3. The minimum Gasteiger partial charge on any atom is -0.378 e. The summed E-state index contributed by atoms with van der Waals surface area (Å²) in [4.78, 5) is 0. The molecule has 0 spiro atoms. The van der Waals surface area contributed by atoms with Crippen LogP contribution in [-0.4, -0.2) is 6.04 Å². The molecule has 0 aliphatic heterocycles. The van der Waals surface area contributed by atoms with Gasteiger partial charge in [-0.25, -0.2) is 0 Å². The fourth-order valence-electron chi connectivity index (χ4n) is 3.05. The van der Waals surface area contributed by atoms with Crippen LogP contribution in [0.3, 0.4) is 0 Å². The molecule has 156 valence electrons. The molecular weight excluding hydrogens is 352 g/mol. The average molecular weight is 391 g/mol. The number of nitrogens with one attached hydrogen (secondary N) is 2. The van der Waals surface area contributed by atoms with Gasteiger partial charge >= 0.3 is 0 Å². The van der Waals surface area contributed by atoms with Gasteiger partial charge in [0.15, 0.2) is 0 Å². The predicted molar refractivity (Wildman–Crippen MR) is 130 cm³/mol. The highest BCUT2D eigenvalue weighted by Gasteiger charge is 2.13. The van der Waals surface area contributed by atoms with Crippen LogP contribution >= 0.6 is 0 Å². The summed E-state index contributed by atoms with van der Waals surface area (Å²) in [6.45, 7) is 19.6. The molecule has 0 aromatic heterocycles. The summed E-state index contributed by atoms with van der Waals surface area (Å²) in [5.41, 5.74) is 6.11. The molecule has 0 saturated heterocycles. The van der Waals surface area contributed by atoms with E-state index in [1.54, 1.807) is 0 Å². The van der Waals surface area contributed by atoms with Gasteiger partial charge in [0.1, 0.15) is 0 Å². The van der Waals surface area contributed by atoms with Gasteiger partial charge in [0.25, 0.3) is 0 Å². The van der Waals surface area contributed by atoms with Crippen LogP contribution in [0, 0.1) is 5.41 Å². The Balaban J connectivity index is 2.07. The van der Waals surface area contributed by atoms with Crippen LogP contribution in [-0.2, 0) is 5.41 Å². The summed E-state index contributed by atoms with van der Waals surface area (Å²) in [7, 11) is 0. The lowest BCUT2D eigenvalue weighted by Crippen LogP contribution is -2.19. The lowest BCUT2D eigenvalue weighted by Gasteiger charge is -2.21. The summed E-state index contributed by atoms with van der Waals surface area (Å²) >= 11 is 0. The average Bonchev–Trinajstić information content (AvgIpc) is 2.60. The van der Waals surface area contributed by atoms with Gasteiger partial charge in [0.2, 0.25) is 0 Å². The highest BCUT2D eigenvalue weighted by Crippen LogP contribution is 2.26. The molecule has 0 heterocycles. The van der Waals surface area contributed by atoms with Crippen molar-refractivity contribution in [2.45, 2.75) is 66.3 Å². The molecule has 2 N–H and O–H groups in total. The van der Waals surface area contributed by atoms with E-state index >= 15 is 0 Å². The second kappa shape index (κ2) is 9.35. The Labute approximate surface area is 178 Å². The van der Waals surface area contributed by atoms with E-state index in [1.807, 2.05) is 0 Å². The first kappa shape index (κ1) is 22.8. The SMILES string of the molecule is C=C(C)C(C/C=C/C(C)(C)C)Nc1cccc(Nc2ccc(C(C)(C)C)cc2)c1. The lowest BCUT2D eigenvalue weighted by molar-refractivity contribution is 0.541. The Morgan fingerprint density at radius 3 is 2.10 bits per heavy atom. The largest absolute Gasteiger partial charge is 0.378 e. The van der Waals surface area contributed by atoms with Crippen molar-refractivity contribution >= 4 is 17.1 Å². The fraction of sp³-hybridized carbons (Fsp3) is 0.407. The molecule has 0 aliphatic carbocycles. The predicted octanol–water partition coefficient (Wildman–Crippen LogP) is 8.08. The van der Waals surface area contributed by atoms with Crippen molar-refractivity contribution in [1.29, 1.82) is 0 Å². The van der Waals surface area contributed by atoms with Gasteiger partial charge in [-0.3, -0.25) is 0 Å². The Morgan fingerprint density at radius 2 is 1.55 bits per heavy atom. The first-order valence-electron chi connectivity index (χ1n) is 10.5. The first-order valence-corrected chi connectivity index (χ1v) is 10.5. The third kappa shape index (κ3) is 7.81. The number of hydrogen-bond donors (Lipinski definition) is 2. The number of anilines is 3. The molecule has 2 aromatic rings. The van der Waals surface area contributed by atoms with Gasteiger partial charge in [-0.05, 0) is 60.1 Å². The molecule has 2 rings (SSSR count). The number of rotatable bonds is 7. The van der Waals surface area contributed by atoms with E-state index < -0.39 is 0 Å². The molecule has 1 atom stereocenters. The van der Waals surface area contributed by atoms with Crippen LogP contribution in [0.25, 0.3) is 0 Å². The molecule has 0 fully saturated rings. The molecule has 29 heavy (non-hydrogen) atoms. The van der Waals surface area contributed by atoms with E-state index in [9.17, 15) is 0 Å². The summed E-state index contributed by atoms with van der Waals surface area (Å²) in [5, 5.41) is 7.14. The smallest absolute Gasteiger partial charge is 0.0502 e. The molecule has 0 aliphatic rings. The quantitative estimate of drug-likeness (QED) is 0.467. The van der Waals surface area contributed by atoms with Crippen molar-refractivity contribution < 1.29 is 0 Å². The Morgan fingerprint density at radius 1 is 0.931 bits per heavy atom. The van der Waals surface area contributed by atoms with Crippen LogP contribution in [0.2, 0.25) is 0 Å². The van der Waals surface area contributed by atoms with Gasteiger partial charge in [0, 0.05) is 17.1 Å². The van der Waals surface area contributed by atoms with E-state index in [2.05, 4.69) is 126 Å². The molecule has 0 bridgehead atoms. The van der Waals surface area contributed by atoms with Gasteiger partial charge in [-0.15, -0.1) is 0 Å². The standard InChI is InChI=1S/C27H38N2/c1-20(2)25(13-10-18-26(3,4)5)29-24-12-9-11-23(19-24)28-22-16-14-21(15-17-22)27(6,7)8/h9-12,14-19,25,28-29H,1,13H2,2-8H3/b18-10+. The third-order valence-electron chi connectivity index (χ3n) is 4.83. The number of benzene rings is 2. The molecule has 0 amide bonds. The van der Waals surface area contributed by atoms with Crippen molar-refractivity contribution in [3.63, 3.8) is 0 Å². The first-order chi connectivity index (χ1) is 13.4. The highest BCUT2D eigenvalue weighted by molar-refractivity contribution is 5.65. The summed E-state index contributed by atoms with van der Waals surface area (Å²) in [5.74, 6) is 0. The number of hydrogen-bond acceptors (Lipinski definition) is 2. The molecule has 1 unspecified atom stereocenters. The highest BCUT2D eigenvalue weighted by atomic mass is 14.9. The molecule has 0 radical (unpaired) electrons. The maximum Gasteiger partial charge on any atom is 0.0502 e. The van der Waals surface area contributed by atoms with Crippen LogP contribution in [0.1, 0.15) is 60.5 Å². The molecular formula is C27H38N2. The molecule has 0 saturated carbocycles. The lowest BCUT2D eigenvalue weighted by atomic mass is 9.87. The van der Waals surface area contributed by atoms with Crippen LogP contribution in [0.5, 0.6) is 0 Å². The van der Waals surface area contributed by atoms with E-state index in [-0.39, 0.29) is 16.9 Å². The summed E-state index contributed by atoms with van der Waals surface area (Å²) in [6, 6.07) is 17.3. The zero-order valence-electron chi connectivity index (χ0n) is 19.3. The molecule has 2 heteroatoms. The Hall–Kier alpha value is -2.48. The van der Waals surface area contributed by atoms with Gasteiger partial charge in [0.05, 0.1) is 6.04 Å². The van der Waals surface area contributed by atoms with Crippen molar-refractivity contribution in [2.24, 2.45) is 5.41 Å².